The molecule has 4 heteroatoms. The van der Waals surface area contributed by atoms with Crippen molar-refractivity contribution in [2.75, 3.05) is 33.2 Å². The average Bonchev–Trinajstić information content (AvgIpc) is 2.58. The van der Waals surface area contributed by atoms with Crippen LogP contribution in [0.15, 0.2) is 0 Å². The van der Waals surface area contributed by atoms with Gasteiger partial charge in [-0.1, -0.05) is 0 Å². The largest absolute Gasteiger partial charge is 0.325 e. The first-order valence-corrected chi connectivity index (χ1v) is 4.70. The molecule has 2 rings (SSSR count). The van der Waals surface area contributed by atoms with E-state index in [-0.39, 0.29) is 0 Å². The fourth-order valence-corrected chi connectivity index (χ4v) is 2.06. The van der Waals surface area contributed by atoms with Gasteiger partial charge in [0.05, 0.1) is 0 Å². The van der Waals surface area contributed by atoms with Crippen LogP contribution in [0.5, 0.6) is 0 Å². The molecule has 0 aromatic carbocycles. The third-order valence-corrected chi connectivity index (χ3v) is 2.80. The van der Waals surface area contributed by atoms with E-state index >= 15 is 0 Å². The summed E-state index contributed by atoms with van der Waals surface area (Å²) < 4.78 is 0. The number of nitrogens with zero attached hydrogens (tertiary/aromatic N) is 2. The first kappa shape index (κ1) is 8.44. The summed E-state index contributed by atoms with van der Waals surface area (Å²) in [5, 5.41) is 2.31. The highest BCUT2D eigenvalue weighted by Crippen LogP contribution is 2.14. The third-order valence-electron chi connectivity index (χ3n) is 2.80. The van der Waals surface area contributed by atoms with Crippen molar-refractivity contribution in [1.29, 1.82) is 0 Å². The molecule has 0 radical (unpaired) electrons. The number of likely N-dealkylation sites (tertiary alicyclic amines) is 1. The van der Waals surface area contributed by atoms with E-state index in [0.717, 1.165) is 13.1 Å². The molecular formula is C8H18N4. The second kappa shape index (κ2) is 3.30. The molecule has 3 N–H and O–H groups in total. The lowest BCUT2D eigenvalue weighted by atomic mass is 10.2. The summed E-state index contributed by atoms with van der Waals surface area (Å²) in [6, 6.07) is 1.01. The van der Waals surface area contributed by atoms with Gasteiger partial charge < -0.3 is 10.6 Å². The first-order chi connectivity index (χ1) is 5.75. The van der Waals surface area contributed by atoms with Crippen molar-refractivity contribution in [1.82, 2.24) is 15.3 Å². The topological polar surface area (TPSA) is 44.5 Å². The SMILES string of the molecule is CN1CC[C@@H](N2CC(N)CN2)C1. The molecule has 1 unspecified atom stereocenters. The molecule has 2 aliphatic rings. The van der Waals surface area contributed by atoms with E-state index in [4.69, 9.17) is 5.73 Å². The van der Waals surface area contributed by atoms with Gasteiger partial charge in [-0.25, -0.2) is 5.01 Å². The minimum Gasteiger partial charge on any atom is -0.325 e. The van der Waals surface area contributed by atoms with Crippen molar-refractivity contribution >= 4 is 0 Å². The fourth-order valence-electron chi connectivity index (χ4n) is 2.06. The Hall–Kier alpha value is -0.160. The van der Waals surface area contributed by atoms with Gasteiger partial charge in [0.2, 0.25) is 0 Å². The Morgan fingerprint density at radius 2 is 2.25 bits per heavy atom. The normalized spacial score (nSPS) is 39.5. The monoisotopic (exact) mass is 170 g/mol. The number of nitrogens with one attached hydrogen (secondary N) is 1. The molecule has 0 saturated carbocycles. The van der Waals surface area contributed by atoms with Crippen molar-refractivity contribution in [3.8, 4) is 0 Å². The Bertz CT molecular complexity index is 143. The Balaban J connectivity index is 1.85. The molecule has 2 saturated heterocycles. The third kappa shape index (κ3) is 1.61. The van der Waals surface area contributed by atoms with Crippen LogP contribution in [0.2, 0.25) is 0 Å². The van der Waals surface area contributed by atoms with E-state index < -0.39 is 0 Å². The van der Waals surface area contributed by atoms with E-state index in [1.165, 1.54) is 19.5 Å². The molecule has 0 spiro atoms. The van der Waals surface area contributed by atoms with Crippen LogP contribution in [0.4, 0.5) is 0 Å². The molecule has 0 aromatic rings. The maximum absolute atomic E-state index is 5.81. The van der Waals surface area contributed by atoms with Crippen LogP contribution in [-0.2, 0) is 0 Å². The molecule has 4 nitrogen and oxygen atoms in total. The lowest BCUT2D eigenvalue weighted by Crippen LogP contribution is -2.42. The van der Waals surface area contributed by atoms with E-state index in [0.29, 0.717) is 12.1 Å². The Morgan fingerprint density at radius 1 is 1.42 bits per heavy atom. The summed E-state index contributed by atoms with van der Waals surface area (Å²) in [7, 11) is 2.18. The highest BCUT2D eigenvalue weighted by Gasteiger charge is 2.29. The molecular weight excluding hydrogens is 152 g/mol. The average molecular weight is 170 g/mol. The molecule has 0 aliphatic carbocycles. The number of hydrazine groups is 1. The molecule has 12 heavy (non-hydrogen) atoms. The number of likely N-dealkylation sites (N-methyl/N-ethyl adjacent to an activating group) is 1. The van der Waals surface area contributed by atoms with Crippen LogP contribution in [0.1, 0.15) is 6.42 Å². The fraction of sp³-hybridized carbons (Fsp3) is 1.00. The van der Waals surface area contributed by atoms with Crippen molar-refractivity contribution in [2.45, 2.75) is 18.5 Å². The summed E-state index contributed by atoms with van der Waals surface area (Å²) in [6.07, 6.45) is 1.27. The summed E-state index contributed by atoms with van der Waals surface area (Å²) in [5.74, 6) is 0. The summed E-state index contributed by atoms with van der Waals surface area (Å²) in [6.45, 7) is 4.36. The van der Waals surface area contributed by atoms with Crippen LogP contribution in [0.25, 0.3) is 0 Å². The molecule has 0 bridgehead atoms. The Morgan fingerprint density at radius 3 is 2.75 bits per heavy atom. The van der Waals surface area contributed by atoms with Crippen LogP contribution in [0, 0.1) is 0 Å². The van der Waals surface area contributed by atoms with Crippen LogP contribution >= 0.6 is 0 Å². The Kier molecular flexibility index (Phi) is 2.32. The van der Waals surface area contributed by atoms with E-state index in [9.17, 15) is 0 Å². The van der Waals surface area contributed by atoms with Crippen LogP contribution in [-0.4, -0.2) is 55.2 Å². The molecule has 2 aliphatic heterocycles. The Labute approximate surface area is 73.7 Å². The smallest absolute Gasteiger partial charge is 0.0383 e. The van der Waals surface area contributed by atoms with Gasteiger partial charge in [-0.05, 0) is 20.0 Å². The van der Waals surface area contributed by atoms with Crippen molar-refractivity contribution in [3.63, 3.8) is 0 Å². The van der Waals surface area contributed by atoms with E-state index in [2.05, 4.69) is 22.4 Å². The van der Waals surface area contributed by atoms with Gasteiger partial charge in [-0.3, -0.25) is 5.43 Å². The second-order valence-corrected chi connectivity index (χ2v) is 3.98. The van der Waals surface area contributed by atoms with E-state index in [1.54, 1.807) is 0 Å². The van der Waals surface area contributed by atoms with Gasteiger partial charge in [0.1, 0.15) is 0 Å². The lowest BCUT2D eigenvalue weighted by Gasteiger charge is -2.22. The van der Waals surface area contributed by atoms with Gasteiger partial charge >= 0.3 is 0 Å². The molecule has 2 heterocycles. The van der Waals surface area contributed by atoms with Gasteiger partial charge in [0.25, 0.3) is 0 Å². The standard InChI is InChI=1S/C8H18N4/c1-11-3-2-8(6-11)12-5-7(9)4-10-12/h7-8,10H,2-6,9H2,1H3/t7?,8-/m1/s1. The number of hydrogen-bond acceptors (Lipinski definition) is 4. The van der Waals surface area contributed by atoms with E-state index in [1.807, 2.05) is 0 Å². The van der Waals surface area contributed by atoms with Crippen molar-refractivity contribution < 1.29 is 0 Å². The zero-order valence-corrected chi connectivity index (χ0v) is 7.66. The summed E-state index contributed by atoms with van der Waals surface area (Å²) in [5.41, 5.74) is 9.16. The van der Waals surface area contributed by atoms with Crippen molar-refractivity contribution in [2.24, 2.45) is 5.73 Å². The first-order valence-electron chi connectivity index (χ1n) is 4.70. The van der Waals surface area contributed by atoms with Gasteiger partial charge in [-0.2, -0.15) is 0 Å². The molecule has 0 aromatic heterocycles. The molecule has 70 valence electrons. The number of hydrogen-bond donors (Lipinski definition) is 2. The highest BCUT2D eigenvalue weighted by atomic mass is 15.6. The second-order valence-electron chi connectivity index (χ2n) is 3.98. The molecule has 0 amide bonds. The van der Waals surface area contributed by atoms with Gasteiger partial charge in [0, 0.05) is 31.7 Å². The van der Waals surface area contributed by atoms with Crippen molar-refractivity contribution in [3.05, 3.63) is 0 Å². The quantitative estimate of drug-likeness (QED) is 0.521. The molecule has 2 fully saturated rings. The summed E-state index contributed by atoms with van der Waals surface area (Å²) in [4.78, 5) is 2.37. The minimum atomic E-state index is 0.330. The zero-order chi connectivity index (χ0) is 8.55. The predicted octanol–water partition coefficient (Wildman–Crippen LogP) is -1.16. The zero-order valence-electron chi connectivity index (χ0n) is 7.66. The summed E-state index contributed by atoms with van der Waals surface area (Å²) >= 11 is 0. The maximum Gasteiger partial charge on any atom is 0.0383 e. The predicted molar refractivity (Wildman–Crippen MR) is 48.6 cm³/mol. The van der Waals surface area contributed by atoms with Crippen LogP contribution in [0.3, 0.4) is 0 Å². The minimum absolute atomic E-state index is 0.330. The lowest BCUT2D eigenvalue weighted by molar-refractivity contribution is 0.176. The number of rotatable bonds is 1. The highest BCUT2D eigenvalue weighted by molar-refractivity contribution is 4.86. The molecule has 2 atom stereocenters. The van der Waals surface area contributed by atoms with Gasteiger partial charge in [-0.15, -0.1) is 0 Å². The van der Waals surface area contributed by atoms with Crippen LogP contribution < -0.4 is 11.2 Å². The van der Waals surface area contributed by atoms with Gasteiger partial charge in [0.15, 0.2) is 0 Å². The number of nitrogens with two attached hydrogens (primary N) is 1. The maximum atomic E-state index is 5.81.